The van der Waals surface area contributed by atoms with Crippen molar-refractivity contribution in [2.75, 3.05) is 0 Å². The van der Waals surface area contributed by atoms with E-state index in [1.807, 2.05) is 18.2 Å². The molecule has 0 heterocycles. The van der Waals surface area contributed by atoms with Crippen molar-refractivity contribution in [1.82, 2.24) is 0 Å². The van der Waals surface area contributed by atoms with Crippen LogP contribution in [0.5, 0.6) is 0 Å². The van der Waals surface area contributed by atoms with Crippen molar-refractivity contribution >= 4 is 0 Å². The predicted molar refractivity (Wildman–Crippen MR) is 60.4 cm³/mol. The highest BCUT2D eigenvalue weighted by atomic mass is 16.3. The van der Waals surface area contributed by atoms with Crippen molar-refractivity contribution in [3.63, 3.8) is 0 Å². The molecule has 1 N–H and O–H groups in total. The molecule has 0 aliphatic heterocycles. The van der Waals surface area contributed by atoms with Gasteiger partial charge in [0.15, 0.2) is 0 Å². The lowest BCUT2D eigenvalue weighted by Crippen LogP contribution is -2.62. The van der Waals surface area contributed by atoms with Crippen LogP contribution in [0, 0.1) is 11.3 Å². The molecule has 1 aromatic carbocycles. The smallest absolute Gasteiger partial charge is 0.0978 e. The molecule has 1 heteroatoms. The quantitative estimate of drug-likeness (QED) is 0.742. The molecule has 0 spiro atoms. The van der Waals surface area contributed by atoms with Crippen LogP contribution in [0.15, 0.2) is 30.3 Å². The summed E-state index contributed by atoms with van der Waals surface area (Å²) in [5.74, 6) is 0.499. The Labute approximate surface area is 91.1 Å². The van der Waals surface area contributed by atoms with Crippen molar-refractivity contribution in [2.24, 2.45) is 11.3 Å². The third-order valence-corrected chi connectivity index (χ3v) is 4.70. The highest BCUT2D eigenvalue weighted by Crippen LogP contribution is 2.66. The topological polar surface area (TPSA) is 20.2 Å². The molecular formula is C14H18O. The lowest BCUT2D eigenvalue weighted by molar-refractivity contribution is -0.244. The van der Waals surface area contributed by atoms with Crippen LogP contribution in [-0.2, 0) is 5.60 Å². The van der Waals surface area contributed by atoms with E-state index in [4.69, 9.17) is 0 Å². The summed E-state index contributed by atoms with van der Waals surface area (Å²) in [6.07, 6.45) is 4.87. The Hall–Kier alpha value is -0.820. The van der Waals surface area contributed by atoms with E-state index in [0.717, 1.165) is 5.56 Å². The van der Waals surface area contributed by atoms with E-state index in [-0.39, 0.29) is 5.41 Å². The third-order valence-electron chi connectivity index (χ3n) is 4.70. The van der Waals surface area contributed by atoms with E-state index in [1.165, 1.54) is 25.7 Å². The maximum absolute atomic E-state index is 10.9. The van der Waals surface area contributed by atoms with Crippen molar-refractivity contribution in [2.45, 2.75) is 38.2 Å². The second-order valence-electron chi connectivity index (χ2n) is 5.49. The fraction of sp³-hybridized carbons (Fsp3) is 0.571. The first-order valence-corrected chi connectivity index (χ1v) is 5.95. The van der Waals surface area contributed by atoms with Gasteiger partial charge in [0, 0.05) is 5.41 Å². The highest BCUT2D eigenvalue weighted by molar-refractivity contribution is 5.31. The summed E-state index contributed by atoms with van der Waals surface area (Å²) in [5.41, 5.74) is 0.729. The van der Waals surface area contributed by atoms with Gasteiger partial charge in [-0.15, -0.1) is 0 Å². The Morgan fingerprint density at radius 1 is 1.27 bits per heavy atom. The van der Waals surface area contributed by atoms with Crippen molar-refractivity contribution in [1.29, 1.82) is 0 Å². The zero-order chi connectivity index (χ0) is 10.5. The molecule has 2 aliphatic carbocycles. The van der Waals surface area contributed by atoms with Crippen molar-refractivity contribution < 1.29 is 5.11 Å². The summed E-state index contributed by atoms with van der Waals surface area (Å²) in [6.45, 7) is 2.25. The van der Waals surface area contributed by atoms with Crippen LogP contribution in [0.1, 0.15) is 38.2 Å². The van der Waals surface area contributed by atoms with Crippen LogP contribution < -0.4 is 0 Å². The van der Waals surface area contributed by atoms with Gasteiger partial charge in [0.1, 0.15) is 0 Å². The van der Waals surface area contributed by atoms with Gasteiger partial charge in [0.2, 0.25) is 0 Å². The fourth-order valence-electron chi connectivity index (χ4n) is 3.83. The number of hydrogen-bond acceptors (Lipinski definition) is 1. The summed E-state index contributed by atoms with van der Waals surface area (Å²) in [5, 5.41) is 10.9. The Morgan fingerprint density at radius 2 is 2.00 bits per heavy atom. The van der Waals surface area contributed by atoms with Crippen LogP contribution >= 0.6 is 0 Å². The molecule has 0 unspecified atom stereocenters. The van der Waals surface area contributed by atoms with Crippen molar-refractivity contribution in [3.8, 4) is 0 Å². The average molecular weight is 202 g/mol. The van der Waals surface area contributed by atoms with E-state index in [2.05, 4.69) is 19.1 Å². The Kier molecular flexibility index (Phi) is 1.79. The molecule has 3 atom stereocenters. The first-order chi connectivity index (χ1) is 7.17. The molecule has 2 bridgehead atoms. The lowest BCUT2D eigenvalue weighted by Gasteiger charge is -2.64. The first-order valence-electron chi connectivity index (χ1n) is 5.95. The standard InChI is InChI=1S/C14H18O/c1-13-9-5-8-12(10-13)14(13,15)11-6-3-2-4-7-11/h2-4,6-7,12,15H,5,8-10H2,1H3/t12-,13-,14+/m1/s1. The predicted octanol–water partition coefficient (Wildman–Crippen LogP) is 3.08. The third kappa shape index (κ3) is 1.02. The maximum Gasteiger partial charge on any atom is 0.0978 e. The molecule has 2 aliphatic rings. The second kappa shape index (κ2) is 2.85. The van der Waals surface area contributed by atoms with Gasteiger partial charge in [-0.3, -0.25) is 0 Å². The second-order valence-corrected chi connectivity index (χ2v) is 5.49. The SMILES string of the molecule is C[C@@]12CCC[C@H](C1)[C@@]2(O)c1ccccc1. The number of hydrogen-bond donors (Lipinski definition) is 1. The molecule has 80 valence electrons. The van der Waals surface area contributed by atoms with Crippen LogP contribution in [0.4, 0.5) is 0 Å². The van der Waals surface area contributed by atoms with Gasteiger partial charge in [0.25, 0.3) is 0 Å². The van der Waals surface area contributed by atoms with E-state index in [1.54, 1.807) is 0 Å². The van der Waals surface area contributed by atoms with Crippen LogP contribution in [0.2, 0.25) is 0 Å². The van der Waals surface area contributed by atoms with Gasteiger partial charge in [0.05, 0.1) is 5.60 Å². The van der Waals surface area contributed by atoms with Crippen LogP contribution in [0.25, 0.3) is 0 Å². The van der Waals surface area contributed by atoms with Gasteiger partial charge in [-0.1, -0.05) is 43.7 Å². The largest absolute Gasteiger partial charge is 0.384 e. The highest BCUT2D eigenvalue weighted by Gasteiger charge is 2.64. The van der Waals surface area contributed by atoms with E-state index in [9.17, 15) is 5.11 Å². The summed E-state index contributed by atoms with van der Waals surface area (Å²) in [4.78, 5) is 0. The number of benzene rings is 1. The van der Waals surface area contributed by atoms with Crippen molar-refractivity contribution in [3.05, 3.63) is 35.9 Å². The molecule has 2 fully saturated rings. The molecule has 3 rings (SSSR count). The summed E-state index contributed by atoms with van der Waals surface area (Å²) >= 11 is 0. The molecular weight excluding hydrogens is 184 g/mol. The molecule has 1 nitrogen and oxygen atoms in total. The van der Waals surface area contributed by atoms with Gasteiger partial charge < -0.3 is 5.11 Å². The van der Waals surface area contributed by atoms with E-state index < -0.39 is 5.60 Å². The van der Waals surface area contributed by atoms with Gasteiger partial charge in [-0.2, -0.15) is 0 Å². The van der Waals surface area contributed by atoms with E-state index in [0.29, 0.717) is 5.92 Å². The van der Waals surface area contributed by atoms with Gasteiger partial charge >= 0.3 is 0 Å². The van der Waals surface area contributed by atoms with Crippen LogP contribution in [0.3, 0.4) is 0 Å². The number of fused-ring (bicyclic) bond motifs is 2. The molecule has 0 saturated heterocycles. The molecule has 15 heavy (non-hydrogen) atoms. The molecule has 0 amide bonds. The average Bonchev–Trinajstić information content (AvgIpc) is 2.29. The first kappa shape index (κ1) is 9.41. The molecule has 0 radical (unpaired) electrons. The maximum atomic E-state index is 10.9. The summed E-state index contributed by atoms with van der Waals surface area (Å²) in [6, 6.07) is 10.2. The zero-order valence-corrected chi connectivity index (χ0v) is 9.24. The Morgan fingerprint density at radius 3 is 2.60 bits per heavy atom. The minimum Gasteiger partial charge on any atom is -0.384 e. The summed E-state index contributed by atoms with van der Waals surface area (Å²) in [7, 11) is 0. The molecule has 2 saturated carbocycles. The van der Waals surface area contributed by atoms with Gasteiger partial charge in [-0.05, 0) is 30.7 Å². The van der Waals surface area contributed by atoms with Crippen LogP contribution in [-0.4, -0.2) is 5.11 Å². The molecule has 1 aromatic rings. The minimum atomic E-state index is -0.535. The van der Waals surface area contributed by atoms with Gasteiger partial charge in [-0.25, -0.2) is 0 Å². The zero-order valence-electron chi connectivity index (χ0n) is 9.24. The number of rotatable bonds is 1. The number of aliphatic hydroxyl groups is 1. The minimum absolute atomic E-state index is 0.136. The Balaban J connectivity index is 2.05. The monoisotopic (exact) mass is 202 g/mol. The lowest BCUT2D eigenvalue weighted by atomic mass is 9.43. The van der Waals surface area contributed by atoms with E-state index >= 15 is 0 Å². The normalized spacial score (nSPS) is 43.5. The summed E-state index contributed by atoms with van der Waals surface area (Å²) < 4.78 is 0. The molecule has 0 aromatic heterocycles. The Bertz CT molecular complexity index is 368. The fourth-order valence-corrected chi connectivity index (χ4v) is 3.83.